The average molecular weight is 283 g/mol. The van der Waals surface area contributed by atoms with E-state index in [1.807, 2.05) is 19.2 Å². The molecule has 8 heteroatoms. The van der Waals surface area contributed by atoms with Gasteiger partial charge in [-0.05, 0) is 6.92 Å². The fraction of sp³-hybridized carbons (Fsp3) is 0.455. The van der Waals surface area contributed by atoms with Gasteiger partial charge in [-0.15, -0.1) is 0 Å². The maximum absolute atomic E-state index is 10.9. The summed E-state index contributed by atoms with van der Waals surface area (Å²) in [7, 11) is -3.11. The molecule has 7 nitrogen and oxygen atoms in total. The Morgan fingerprint density at radius 3 is 2.89 bits per heavy atom. The van der Waals surface area contributed by atoms with Crippen molar-refractivity contribution in [1.82, 2.24) is 24.6 Å². The molecule has 2 N–H and O–H groups in total. The van der Waals surface area contributed by atoms with Crippen LogP contribution in [0.5, 0.6) is 0 Å². The summed E-state index contributed by atoms with van der Waals surface area (Å²) >= 11 is 0. The van der Waals surface area contributed by atoms with Gasteiger partial charge in [-0.2, -0.15) is 5.10 Å². The Bertz CT molecular complexity index is 665. The zero-order chi connectivity index (χ0) is 13.9. The van der Waals surface area contributed by atoms with Crippen molar-refractivity contribution in [2.75, 3.05) is 19.3 Å². The number of fused-ring (bicyclic) bond motifs is 1. The first-order valence-electron chi connectivity index (χ1n) is 5.90. The third-order valence-electron chi connectivity index (χ3n) is 2.48. The quantitative estimate of drug-likeness (QED) is 0.709. The summed E-state index contributed by atoms with van der Waals surface area (Å²) < 4.78 is 25.9. The number of rotatable bonds is 6. The molecule has 0 atom stereocenters. The second-order valence-corrected chi connectivity index (χ2v) is 6.23. The van der Waals surface area contributed by atoms with E-state index in [1.54, 1.807) is 10.7 Å². The molecule has 0 saturated heterocycles. The Morgan fingerprint density at radius 2 is 2.16 bits per heavy atom. The van der Waals surface area contributed by atoms with Crippen LogP contribution in [0.2, 0.25) is 0 Å². The van der Waals surface area contributed by atoms with Crippen molar-refractivity contribution in [2.24, 2.45) is 0 Å². The predicted molar refractivity (Wildman–Crippen MR) is 72.3 cm³/mol. The fourth-order valence-corrected chi connectivity index (χ4v) is 2.16. The average Bonchev–Trinajstić information content (AvgIpc) is 2.66. The Kier molecular flexibility index (Phi) is 4.13. The normalized spacial score (nSPS) is 12.1. The molecule has 2 rings (SSSR count). The van der Waals surface area contributed by atoms with Gasteiger partial charge in [-0.3, -0.25) is 0 Å². The molecule has 0 spiro atoms. The van der Waals surface area contributed by atoms with Crippen LogP contribution in [0.3, 0.4) is 0 Å². The van der Waals surface area contributed by atoms with Crippen LogP contribution < -0.4 is 10.0 Å². The minimum Gasteiger partial charge on any atom is -0.311 e. The van der Waals surface area contributed by atoms with Gasteiger partial charge < -0.3 is 5.32 Å². The van der Waals surface area contributed by atoms with E-state index >= 15 is 0 Å². The van der Waals surface area contributed by atoms with E-state index in [-0.39, 0.29) is 0 Å². The molecular formula is C11H17N5O2S. The van der Waals surface area contributed by atoms with Gasteiger partial charge in [0.2, 0.25) is 10.0 Å². The summed E-state index contributed by atoms with van der Waals surface area (Å²) in [6, 6.07) is 1.91. The van der Waals surface area contributed by atoms with E-state index in [0.717, 1.165) is 23.2 Å². The van der Waals surface area contributed by atoms with E-state index in [2.05, 4.69) is 20.1 Å². The standard InChI is InChI=1S/C11H17N5O2S/c1-9-5-11-13-7-10(8-16(11)15-9)6-12-3-4-14-19(2,17)18/h5,7-8,12,14H,3-4,6H2,1-2H3. The molecule has 19 heavy (non-hydrogen) atoms. The third kappa shape index (κ3) is 4.27. The molecule has 0 aliphatic carbocycles. The van der Waals surface area contributed by atoms with Crippen molar-refractivity contribution in [3.63, 3.8) is 0 Å². The van der Waals surface area contributed by atoms with E-state index in [4.69, 9.17) is 0 Å². The molecule has 104 valence electrons. The van der Waals surface area contributed by atoms with Gasteiger partial charge in [0.15, 0.2) is 5.65 Å². The zero-order valence-corrected chi connectivity index (χ0v) is 11.7. The highest BCUT2D eigenvalue weighted by Gasteiger charge is 2.01. The number of nitrogens with one attached hydrogen (secondary N) is 2. The van der Waals surface area contributed by atoms with Gasteiger partial charge in [-0.1, -0.05) is 0 Å². The number of aryl methyl sites for hydroxylation is 1. The minimum absolute atomic E-state index is 0.370. The van der Waals surface area contributed by atoms with E-state index in [9.17, 15) is 8.42 Å². The first-order valence-corrected chi connectivity index (χ1v) is 7.79. The molecule has 2 heterocycles. The maximum atomic E-state index is 10.9. The summed E-state index contributed by atoms with van der Waals surface area (Å²) in [6.45, 7) is 3.47. The number of aromatic nitrogens is 3. The topological polar surface area (TPSA) is 88.4 Å². The summed E-state index contributed by atoms with van der Waals surface area (Å²) in [5.74, 6) is 0. The van der Waals surface area contributed by atoms with Gasteiger partial charge in [0.1, 0.15) is 0 Å². The Labute approximate surface area is 112 Å². The van der Waals surface area contributed by atoms with Crippen LogP contribution in [0.1, 0.15) is 11.3 Å². The lowest BCUT2D eigenvalue weighted by Crippen LogP contribution is -2.30. The largest absolute Gasteiger partial charge is 0.311 e. The van der Waals surface area contributed by atoms with Crippen LogP contribution in [0.25, 0.3) is 5.65 Å². The lowest BCUT2D eigenvalue weighted by Gasteiger charge is -2.05. The summed E-state index contributed by atoms with van der Waals surface area (Å²) in [5.41, 5.74) is 2.74. The molecule has 2 aromatic rings. The molecule has 0 aliphatic heterocycles. The molecule has 2 aromatic heterocycles. The van der Waals surface area contributed by atoms with Crippen molar-refractivity contribution in [2.45, 2.75) is 13.5 Å². The van der Waals surface area contributed by atoms with Crippen molar-refractivity contribution >= 4 is 15.7 Å². The van der Waals surface area contributed by atoms with E-state index in [1.165, 1.54) is 0 Å². The summed E-state index contributed by atoms with van der Waals surface area (Å²) in [5, 5.41) is 7.42. The Balaban J connectivity index is 1.84. The second-order valence-electron chi connectivity index (χ2n) is 4.39. The fourth-order valence-electron chi connectivity index (χ4n) is 1.68. The van der Waals surface area contributed by atoms with Gasteiger partial charge >= 0.3 is 0 Å². The van der Waals surface area contributed by atoms with Crippen molar-refractivity contribution in [1.29, 1.82) is 0 Å². The van der Waals surface area contributed by atoms with Crippen LogP contribution in [0.15, 0.2) is 18.5 Å². The second kappa shape index (κ2) is 5.64. The monoisotopic (exact) mass is 283 g/mol. The van der Waals surface area contributed by atoms with Gasteiger partial charge in [-0.25, -0.2) is 22.6 Å². The van der Waals surface area contributed by atoms with Gasteiger partial charge in [0, 0.05) is 43.7 Å². The first kappa shape index (κ1) is 13.9. The molecule has 0 radical (unpaired) electrons. The van der Waals surface area contributed by atoms with Crippen LogP contribution in [-0.4, -0.2) is 42.4 Å². The number of hydrogen-bond acceptors (Lipinski definition) is 5. The molecule has 0 aliphatic rings. The molecule has 0 bridgehead atoms. The summed E-state index contributed by atoms with van der Waals surface area (Å²) in [4.78, 5) is 4.29. The number of sulfonamides is 1. The predicted octanol–water partition coefficient (Wildman–Crippen LogP) is -0.323. The zero-order valence-electron chi connectivity index (χ0n) is 10.9. The number of nitrogens with zero attached hydrogens (tertiary/aromatic N) is 3. The maximum Gasteiger partial charge on any atom is 0.208 e. The van der Waals surface area contributed by atoms with Crippen LogP contribution >= 0.6 is 0 Å². The molecule has 0 saturated carbocycles. The minimum atomic E-state index is -3.11. The lowest BCUT2D eigenvalue weighted by atomic mass is 10.3. The van der Waals surface area contributed by atoms with Crippen LogP contribution in [0.4, 0.5) is 0 Å². The highest BCUT2D eigenvalue weighted by molar-refractivity contribution is 7.88. The van der Waals surface area contributed by atoms with Crippen LogP contribution in [0, 0.1) is 6.92 Å². The lowest BCUT2D eigenvalue weighted by molar-refractivity contribution is 0.581. The summed E-state index contributed by atoms with van der Waals surface area (Å²) in [6.07, 6.45) is 4.84. The smallest absolute Gasteiger partial charge is 0.208 e. The first-order chi connectivity index (χ1) is 8.94. The molecule has 0 fully saturated rings. The van der Waals surface area contributed by atoms with E-state index < -0.39 is 10.0 Å². The van der Waals surface area contributed by atoms with Crippen molar-refractivity contribution in [3.8, 4) is 0 Å². The molecule has 0 unspecified atom stereocenters. The van der Waals surface area contributed by atoms with E-state index in [0.29, 0.717) is 19.6 Å². The van der Waals surface area contributed by atoms with Crippen molar-refractivity contribution in [3.05, 3.63) is 29.7 Å². The highest BCUT2D eigenvalue weighted by Crippen LogP contribution is 2.04. The highest BCUT2D eigenvalue weighted by atomic mass is 32.2. The SMILES string of the molecule is Cc1cc2ncc(CNCCNS(C)(=O)=O)cn2n1. The Hall–Kier alpha value is -1.51. The van der Waals surface area contributed by atoms with Crippen LogP contribution in [-0.2, 0) is 16.6 Å². The number of hydrogen-bond donors (Lipinski definition) is 2. The third-order valence-corrected chi connectivity index (χ3v) is 3.21. The molecule has 0 amide bonds. The Morgan fingerprint density at radius 1 is 1.37 bits per heavy atom. The van der Waals surface area contributed by atoms with Gasteiger partial charge in [0.05, 0.1) is 11.9 Å². The van der Waals surface area contributed by atoms with Gasteiger partial charge in [0.25, 0.3) is 0 Å². The van der Waals surface area contributed by atoms with Crippen molar-refractivity contribution < 1.29 is 8.42 Å². The molecular weight excluding hydrogens is 266 g/mol. The molecule has 0 aromatic carbocycles.